The number of rotatable bonds is 5. The number of aliphatic carboxylic acids is 1. The maximum absolute atomic E-state index is 11.0. The van der Waals surface area contributed by atoms with E-state index in [9.17, 15) is 9.59 Å². The number of carbonyl (C=O) groups is 2. The summed E-state index contributed by atoms with van der Waals surface area (Å²) in [6, 6.07) is 0. The van der Waals surface area contributed by atoms with Crippen molar-refractivity contribution in [1.82, 2.24) is 5.32 Å². The quantitative estimate of drug-likeness (QED) is 0.668. The van der Waals surface area contributed by atoms with Crippen molar-refractivity contribution in [2.24, 2.45) is 11.3 Å². The molecule has 0 spiro atoms. The second-order valence-electron chi connectivity index (χ2n) is 3.81. The molecule has 1 rings (SSSR count). The van der Waals surface area contributed by atoms with Crippen LogP contribution >= 0.6 is 0 Å². The van der Waals surface area contributed by atoms with Crippen molar-refractivity contribution in [2.75, 3.05) is 13.2 Å². The highest BCUT2D eigenvalue weighted by Crippen LogP contribution is 2.51. The molecule has 0 heterocycles. The minimum Gasteiger partial charge on any atom is -0.481 e. The van der Waals surface area contributed by atoms with Crippen LogP contribution in [0.1, 0.15) is 13.3 Å². The number of carboxylic acid groups (broad SMARTS) is 1. The third-order valence-electron chi connectivity index (χ3n) is 2.76. The Morgan fingerprint density at radius 3 is 2.73 bits per heavy atom. The van der Waals surface area contributed by atoms with Crippen LogP contribution in [0.2, 0.25) is 0 Å². The molecule has 5 heteroatoms. The predicted molar refractivity (Wildman–Crippen MR) is 53.4 cm³/mol. The number of alkyl carbamates (subject to hydrolysis) is 1. The summed E-state index contributed by atoms with van der Waals surface area (Å²) in [4.78, 5) is 21.9. The molecule has 0 aliphatic heterocycles. The first-order valence-electron chi connectivity index (χ1n) is 4.78. The van der Waals surface area contributed by atoms with E-state index in [1.165, 1.54) is 6.08 Å². The Morgan fingerprint density at radius 1 is 1.73 bits per heavy atom. The summed E-state index contributed by atoms with van der Waals surface area (Å²) in [7, 11) is 0. The Hall–Kier alpha value is -1.52. The van der Waals surface area contributed by atoms with Crippen LogP contribution in [0, 0.1) is 11.3 Å². The number of amides is 1. The molecule has 5 nitrogen and oxygen atoms in total. The summed E-state index contributed by atoms with van der Waals surface area (Å²) >= 11 is 0. The summed E-state index contributed by atoms with van der Waals surface area (Å²) in [6.07, 6.45) is 1.45. The lowest BCUT2D eigenvalue weighted by Gasteiger charge is -2.11. The van der Waals surface area contributed by atoms with Gasteiger partial charge in [-0.3, -0.25) is 4.79 Å². The van der Waals surface area contributed by atoms with Crippen LogP contribution in [0.4, 0.5) is 4.79 Å². The van der Waals surface area contributed by atoms with Gasteiger partial charge in [0.25, 0.3) is 0 Å². The van der Waals surface area contributed by atoms with E-state index in [2.05, 4.69) is 16.6 Å². The fourth-order valence-electron chi connectivity index (χ4n) is 1.52. The van der Waals surface area contributed by atoms with E-state index in [0.717, 1.165) is 0 Å². The third-order valence-corrected chi connectivity index (χ3v) is 2.76. The van der Waals surface area contributed by atoms with Crippen LogP contribution in [0.15, 0.2) is 12.7 Å². The monoisotopic (exact) mass is 213 g/mol. The van der Waals surface area contributed by atoms with Crippen molar-refractivity contribution in [3.63, 3.8) is 0 Å². The Labute approximate surface area is 88.1 Å². The number of nitrogens with one attached hydrogen (secondary N) is 1. The molecule has 1 fully saturated rings. The number of hydrogen-bond donors (Lipinski definition) is 2. The van der Waals surface area contributed by atoms with Gasteiger partial charge >= 0.3 is 12.1 Å². The summed E-state index contributed by atoms with van der Waals surface area (Å²) in [5.74, 6) is -0.756. The maximum Gasteiger partial charge on any atom is 0.407 e. The standard InChI is InChI=1S/C10H15NO4/c1-3-4-15-9(14)11-6-10(8(12)13)5-7(10)2/h3,7H,1,4-6H2,2H3,(H,11,14)(H,12,13)/t7-,10+/m1/s1. The van der Waals surface area contributed by atoms with Crippen LogP contribution in [-0.2, 0) is 9.53 Å². The van der Waals surface area contributed by atoms with Gasteiger partial charge in [-0.05, 0) is 12.3 Å². The maximum atomic E-state index is 11.0. The van der Waals surface area contributed by atoms with Gasteiger partial charge in [-0.2, -0.15) is 0 Å². The Kier molecular flexibility index (Phi) is 3.34. The molecule has 2 atom stereocenters. The number of carboxylic acids is 1. The normalized spacial score (nSPS) is 27.9. The Bertz CT molecular complexity index is 289. The van der Waals surface area contributed by atoms with E-state index < -0.39 is 17.5 Å². The van der Waals surface area contributed by atoms with Crippen LogP contribution in [0.25, 0.3) is 0 Å². The zero-order chi connectivity index (χ0) is 11.5. The highest BCUT2D eigenvalue weighted by atomic mass is 16.5. The van der Waals surface area contributed by atoms with Crippen molar-refractivity contribution in [2.45, 2.75) is 13.3 Å². The summed E-state index contributed by atoms with van der Waals surface area (Å²) < 4.78 is 4.67. The smallest absolute Gasteiger partial charge is 0.407 e. The lowest BCUT2D eigenvalue weighted by Crippen LogP contribution is -2.35. The number of carbonyl (C=O) groups excluding carboxylic acids is 1. The van der Waals surface area contributed by atoms with Gasteiger partial charge in [-0.15, -0.1) is 0 Å². The average Bonchev–Trinajstić information content (AvgIpc) is 2.85. The van der Waals surface area contributed by atoms with Crippen molar-refractivity contribution < 1.29 is 19.4 Å². The lowest BCUT2D eigenvalue weighted by molar-refractivity contribution is -0.143. The van der Waals surface area contributed by atoms with Crippen LogP contribution < -0.4 is 5.32 Å². The van der Waals surface area contributed by atoms with Crippen LogP contribution in [-0.4, -0.2) is 30.3 Å². The van der Waals surface area contributed by atoms with Gasteiger partial charge in [-0.1, -0.05) is 19.6 Å². The molecule has 0 aromatic rings. The molecule has 1 amide bonds. The summed E-state index contributed by atoms with van der Waals surface area (Å²) in [5, 5.41) is 11.4. The number of hydrogen-bond acceptors (Lipinski definition) is 3. The predicted octanol–water partition coefficient (Wildman–Crippen LogP) is 1.01. The van der Waals surface area contributed by atoms with E-state index in [1.54, 1.807) is 0 Å². The molecule has 0 bridgehead atoms. The molecule has 2 N–H and O–H groups in total. The Morgan fingerprint density at radius 2 is 2.33 bits per heavy atom. The van der Waals surface area contributed by atoms with E-state index in [0.29, 0.717) is 6.42 Å². The fourth-order valence-corrected chi connectivity index (χ4v) is 1.52. The molecular weight excluding hydrogens is 198 g/mol. The zero-order valence-electron chi connectivity index (χ0n) is 8.66. The topological polar surface area (TPSA) is 75.6 Å². The molecule has 0 aromatic heterocycles. The molecule has 0 radical (unpaired) electrons. The van der Waals surface area contributed by atoms with Crippen molar-refractivity contribution in [3.8, 4) is 0 Å². The largest absolute Gasteiger partial charge is 0.481 e. The van der Waals surface area contributed by atoms with Gasteiger partial charge in [-0.25, -0.2) is 4.79 Å². The van der Waals surface area contributed by atoms with E-state index in [-0.39, 0.29) is 19.1 Å². The molecule has 1 aliphatic carbocycles. The summed E-state index contributed by atoms with van der Waals surface area (Å²) in [5.41, 5.74) is -0.785. The van der Waals surface area contributed by atoms with E-state index in [4.69, 9.17) is 5.11 Å². The van der Waals surface area contributed by atoms with Crippen LogP contribution in [0.3, 0.4) is 0 Å². The minimum atomic E-state index is -0.862. The second-order valence-corrected chi connectivity index (χ2v) is 3.81. The zero-order valence-corrected chi connectivity index (χ0v) is 8.66. The van der Waals surface area contributed by atoms with Gasteiger partial charge in [0, 0.05) is 6.54 Å². The molecule has 1 aliphatic rings. The van der Waals surface area contributed by atoms with Crippen LogP contribution in [0.5, 0.6) is 0 Å². The van der Waals surface area contributed by atoms with Gasteiger partial charge in [0.2, 0.25) is 0 Å². The molecule has 0 saturated heterocycles. The minimum absolute atomic E-state index is 0.106. The first-order valence-corrected chi connectivity index (χ1v) is 4.78. The SMILES string of the molecule is C=CCOC(=O)NC[C@@]1(C(=O)O)C[C@H]1C. The molecule has 0 unspecified atom stereocenters. The molecular formula is C10H15NO4. The first kappa shape index (κ1) is 11.6. The van der Waals surface area contributed by atoms with E-state index in [1.807, 2.05) is 6.92 Å². The molecule has 84 valence electrons. The Balaban J connectivity index is 2.33. The first-order chi connectivity index (χ1) is 7.03. The highest BCUT2D eigenvalue weighted by molar-refractivity contribution is 5.80. The average molecular weight is 213 g/mol. The van der Waals surface area contributed by atoms with Crippen molar-refractivity contribution in [3.05, 3.63) is 12.7 Å². The summed E-state index contributed by atoms with van der Waals surface area (Å²) in [6.45, 7) is 5.50. The van der Waals surface area contributed by atoms with E-state index >= 15 is 0 Å². The van der Waals surface area contributed by atoms with Gasteiger partial charge in [0.15, 0.2) is 0 Å². The third kappa shape index (κ3) is 2.49. The fraction of sp³-hybridized carbons (Fsp3) is 0.600. The number of ether oxygens (including phenoxy) is 1. The second kappa shape index (κ2) is 4.33. The molecule has 1 saturated carbocycles. The molecule has 15 heavy (non-hydrogen) atoms. The highest BCUT2D eigenvalue weighted by Gasteiger charge is 2.57. The van der Waals surface area contributed by atoms with Gasteiger partial charge in [0.05, 0.1) is 5.41 Å². The molecule has 0 aromatic carbocycles. The van der Waals surface area contributed by atoms with Crippen molar-refractivity contribution in [1.29, 1.82) is 0 Å². The van der Waals surface area contributed by atoms with Crippen molar-refractivity contribution >= 4 is 12.1 Å². The lowest BCUT2D eigenvalue weighted by atomic mass is 10.1. The van der Waals surface area contributed by atoms with Gasteiger partial charge < -0.3 is 15.2 Å². The van der Waals surface area contributed by atoms with Gasteiger partial charge in [0.1, 0.15) is 6.61 Å².